The summed E-state index contributed by atoms with van der Waals surface area (Å²) in [6, 6.07) is 0. The summed E-state index contributed by atoms with van der Waals surface area (Å²) in [5, 5.41) is 0. The van der Waals surface area contributed by atoms with Crippen molar-refractivity contribution in [2.24, 2.45) is 0 Å². The van der Waals surface area contributed by atoms with Crippen molar-refractivity contribution in [1.29, 1.82) is 0 Å². The van der Waals surface area contributed by atoms with Gasteiger partial charge in [0.25, 0.3) is 0 Å². The van der Waals surface area contributed by atoms with E-state index in [1.165, 1.54) is 122 Å². The molecule has 1 N–H and O–H groups in total. The summed E-state index contributed by atoms with van der Waals surface area (Å²) in [5.74, 6) is -0.870. The van der Waals surface area contributed by atoms with Gasteiger partial charge in [0.1, 0.15) is 19.8 Å². The lowest BCUT2D eigenvalue weighted by molar-refractivity contribution is -0.870. The second-order valence-corrected chi connectivity index (χ2v) is 17.2. The Morgan fingerprint density at radius 3 is 1.57 bits per heavy atom. The Morgan fingerprint density at radius 2 is 1.06 bits per heavy atom. The first kappa shape index (κ1) is 51.5. The van der Waals surface area contributed by atoms with E-state index in [9.17, 15) is 19.0 Å². The number of carbonyl (C=O) groups is 2. The van der Waals surface area contributed by atoms with Crippen LogP contribution < -0.4 is 0 Å². The number of allylic oxidation sites excluding steroid dienone is 4. The maximum absolute atomic E-state index is 12.6. The van der Waals surface area contributed by atoms with E-state index in [1.54, 1.807) is 0 Å². The number of phosphoric ester groups is 1. The third kappa shape index (κ3) is 40.0. The Bertz CT molecular complexity index is 964. The second-order valence-electron chi connectivity index (χ2n) is 15.7. The van der Waals surface area contributed by atoms with Crippen LogP contribution >= 0.6 is 7.82 Å². The Labute approximate surface area is 326 Å². The van der Waals surface area contributed by atoms with Gasteiger partial charge < -0.3 is 18.9 Å². The van der Waals surface area contributed by atoms with E-state index in [0.717, 1.165) is 32.1 Å². The molecule has 2 atom stereocenters. The highest BCUT2D eigenvalue weighted by molar-refractivity contribution is 7.47. The van der Waals surface area contributed by atoms with Gasteiger partial charge in [-0.25, -0.2) is 4.57 Å². The maximum atomic E-state index is 12.6. The van der Waals surface area contributed by atoms with Gasteiger partial charge in [-0.2, -0.15) is 0 Å². The summed E-state index contributed by atoms with van der Waals surface area (Å²) in [6.45, 7) is 4.36. The maximum Gasteiger partial charge on any atom is 0.472 e. The monoisotopic (exact) mass is 773 g/mol. The molecule has 0 aliphatic heterocycles. The largest absolute Gasteiger partial charge is 0.472 e. The van der Waals surface area contributed by atoms with Gasteiger partial charge in [-0.05, 0) is 32.1 Å². The number of rotatable bonds is 39. The molecule has 0 saturated heterocycles. The fourth-order valence-corrected chi connectivity index (χ4v) is 6.57. The smallest absolute Gasteiger partial charge is 0.462 e. The third-order valence-electron chi connectivity index (χ3n) is 9.25. The summed E-state index contributed by atoms with van der Waals surface area (Å²) in [5.41, 5.74) is 0. The van der Waals surface area contributed by atoms with Gasteiger partial charge in [0.15, 0.2) is 6.10 Å². The van der Waals surface area contributed by atoms with Crippen molar-refractivity contribution in [2.45, 2.75) is 193 Å². The van der Waals surface area contributed by atoms with Crippen molar-refractivity contribution in [2.75, 3.05) is 47.5 Å². The summed E-state index contributed by atoms with van der Waals surface area (Å²) in [6.07, 6.45) is 38.1. The minimum atomic E-state index is -4.38. The van der Waals surface area contributed by atoms with Crippen molar-refractivity contribution < 1.29 is 42.1 Å². The van der Waals surface area contributed by atoms with Crippen molar-refractivity contribution in [1.82, 2.24) is 0 Å². The molecule has 0 bridgehead atoms. The summed E-state index contributed by atoms with van der Waals surface area (Å²) in [4.78, 5) is 35.3. The molecule has 0 rings (SSSR count). The number of carbonyl (C=O) groups excluding carboxylic acids is 2. The first-order valence-electron chi connectivity index (χ1n) is 21.6. The van der Waals surface area contributed by atoms with Gasteiger partial charge >= 0.3 is 19.8 Å². The lowest BCUT2D eigenvalue weighted by Gasteiger charge is -2.24. The number of hydrogen-bond acceptors (Lipinski definition) is 7. The fraction of sp³-hybridized carbons (Fsp3) is 0.860. The third-order valence-corrected chi connectivity index (χ3v) is 10.2. The molecular formula is C43H83NO8P+. The molecule has 10 heteroatoms. The standard InChI is InChI=1S/C43H82NO8P/c1-6-8-10-12-14-16-18-20-22-24-26-28-30-32-34-36-43(46)52-41(40-51-53(47,48)50-38-37-44(3,4)5)39-49-42(45)35-33-31-29-27-25-23-21-19-17-15-13-11-9-7-2/h24,26,30,32,41H,6-23,25,27-29,31,33-40H2,1-5H3/p+1/b26-24-,32-30-. The van der Waals surface area contributed by atoms with Crippen LogP contribution in [0.5, 0.6) is 0 Å². The lowest BCUT2D eigenvalue weighted by atomic mass is 10.0. The van der Waals surface area contributed by atoms with E-state index in [4.69, 9.17) is 18.5 Å². The normalized spacial score (nSPS) is 13.8. The molecule has 0 saturated carbocycles. The zero-order valence-corrected chi connectivity index (χ0v) is 35.9. The minimum absolute atomic E-state index is 0.0244. The number of ether oxygens (including phenoxy) is 2. The fourth-order valence-electron chi connectivity index (χ4n) is 5.83. The van der Waals surface area contributed by atoms with Gasteiger partial charge in [-0.3, -0.25) is 18.6 Å². The van der Waals surface area contributed by atoms with Gasteiger partial charge in [0, 0.05) is 12.8 Å². The molecule has 0 radical (unpaired) electrons. The summed E-state index contributed by atoms with van der Waals surface area (Å²) >= 11 is 0. The number of likely N-dealkylation sites (N-methyl/N-ethyl adjacent to an activating group) is 1. The Morgan fingerprint density at radius 1 is 0.585 bits per heavy atom. The molecule has 0 amide bonds. The summed E-state index contributed by atoms with van der Waals surface area (Å²) < 4.78 is 34.2. The number of nitrogens with zero attached hydrogens (tertiary/aromatic N) is 1. The van der Waals surface area contributed by atoms with E-state index in [1.807, 2.05) is 33.3 Å². The van der Waals surface area contributed by atoms with Gasteiger partial charge in [0.05, 0.1) is 27.7 Å². The topological polar surface area (TPSA) is 108 Å². The number of quaternary nitrogens is 1. The lowest BCUT2D eigenvalue weighted by Crippen LogP contribution is -2.37. The van der Waals surface area contributed by atoms with Crippen molar-refractivity contribution in [3.63, 3.8) is 0 Å². The van der Waals surface area contributed by atoms with Crippen LogP contribution in [0.1, 0.15) is 187 Å². The minimum Gasteiger partial charge on any atom is -0.462 e. The van der Waals surface area contributed by atoms with E-state index < -0.39 is 26.5 Å². The molecule has 0 aliphatic carbocycles. The average Bonchev–Trinajstić information content (AvgIpc) is 3.10. The van der Waals surface area contributed by atoms with Crippen LogP contribution in [-0.4, -0.2) is 74.9 Å². The molecule has 0 spiro atoms. The van der Waals surface area contributed by atoms with E-state index in [0.29, 0.717) is 17.4 Å². The SMILES string of the molecule is CCCCCCCCCC/C=C\C/C=C\CCC(=O)OC(COC(=O)CCCCCCCCCCCCCCCC)COP(=O)(O)OCC[N+](C)(C)C. The van der Waals surface area contributed by atoms with Crippen LogP contribution in [-0.2, 0) is 32.7 Å². The van der Waals surface area contributed by atoms with Gasteiger partial charge in [-0.1, -0.05) is 167 Å². The molecule has 0 heterocycles. The van der Waals surface area contributed by atoms with Crippen LogP contribution in [0.3, 0.4) is 0 Å². The predicted octanol–water partition coefficient (Wildman–Crippen LogP) is 12.0. The highest BCUT2D eigenvalue weighted by atomic mass is 31.2. The molecule has 53 heavy (non-hydrogen) atoms. The number of unbranched alkanes of at least 4 members (excludes halogenated alkanes) is 21. The Balaban J connectivity index is 4.44. The summed E-state index contributed by atoms with van der Waals surface area (Å²) in [7, 11) is 1.45. The molecule has 0 aromatic carbocycles. The van der Waals surface area contributed by atoms with Gasteiger partial charge in [0.2, 0.25) is 0 Å². The first-order valence-corrected chi connectivity index (χ1v) is 23.1. The van der Waals surface area contributed by atoms with Crippen LogP contribution in [0.4, 0.5) is 0 Å². The number of esters is 2. The second kappa shape index (κ2) is 36.1. The van der Waals surface area contributed by atoms with Crippen molar-refractivity contribution in [3.05, 3.63) is 24.3 Å². The average molecular weight is 773 g/mol. The predicted molar refractivity (Wildman–Crippen MR) is 220 cm³/mol. The number of hydrogen-bond donors (Lipinski definition) is 1. The van der Waals surface area contributed by atoms with Crippen molar-refractivity contribution >= 4 is 19.8 Å². The molecule has 9 nitrogen and oxygen atoms in total. The van der Waals surface area contributed by atoms with Crippen LogP contribution in [0, 0.1) is 0 Å². The van der Waals surface area contributed by atoms with E-state index in [2.05, 4.69) is 26.0 Å². The first-order chi connectivity index (χ1) is 25.5. The Hall–Kier alpha value is -1.51. The van der Waals surface area contributed by atoms with E-state index >= 15 is 0 Å². The molecule has 0 aliphatic rings. The molecule has 0 aromatic heterocycles. The van der Waals surface area contributed by atoms with Crippen molar-refractivity contribution in [3.8, 4) is 0 Å². The van der Waals surface area contributed by atoms with Crippen LogP contribution in [0.15, 0.2) is 24.3 Å². The molecule has 0 fully saturated rings. The zero-order valence-electron chi connectivity index (χ0n) is 35.0. The molecular weight excluding hydrogens is 689 g/mol. The molecule has 0 aromatic rings. The van der Waals surface area contributed by atoms with Crippen LogP contribution in [0.25, 0.3) is 0 Å². The van der Waals surface area contributed by atoms with E-state index in [-0.39, 0.29) is 32.0 Å². The number of phosphoric acid groups is 1. The highest BCUT2D eigenvalue weighted by Crippen LogP contribution is 2.43. The van der Waals surface area contributed by atoms with Gasteiger partial charge in [-0.15, -0.1) is 0 Å². The highest BCUT2D eigenvalue weighted by Gasteiger charge is 2.27. The van der Waals surface area contributed by atoms with Crippen LogP contribution in [0.2, 0.25) is 0 Å². The zero-order chi connectivity index (χ0) is 39.3. The quantitative estimate of drug-likeness (QED) is 0.0216. The molecule has 312 valence electrons. The Kier molecular flexibility index (Phi) is 35.1. The molecule has 2 unspecified atom stereocenters.